The molecule has 0 radical (unpaired) electrons. The Balaban J connectivity index is 2.39. The van der Waals surface area contributed by atoms with Gasteiger partial charge >= 0.3 is 0 Å². The first kappa shape index (κ1) is 14.8. The average molecular weight is 305 g/mol. The van der Waals surface area contributed by atoms with E-state index in [9.17, 15) is 0 Å². The average Bonchev–Trinajstić information content (AvgIpc) is 2.49. The van der Waals surface area contributed by atoms with E-state index in [1.54, 1.807) is 37.2 Å². The van der Waals surface area contributed by atoms with Gasteiger partial charge < -0.3 is 10.2 Å². The number of hydrogen-bond donors (Lipinski definition) is 3. The highest BCUT2D eigenvalue weighted by Gasteiger charge is 2.09. The van der Waals surface area contributed by atoms with Crippen molar-refractivity contribution in [2.75, 3.05) is 29.7 Å². The van der Waals surface area contributed by atoms with Crippen LogP contribution in [0.3, 0.4) is 0 Å². The number of nitrogens with one attached hydrogen (secondary N) is 2. The van der Waals surface area contributed by atoms with E-state index in [0.717, 1.165) is 0 Å². The molecule has 8 nitrogen and oxygen atoms in total. The minimum atomic E-state index is 0.212. The summed E-state index contributed by atoms with van der Waals surface area (Å²) < 4.78 is 0. The molecule has 0 fully saturated rings. The highest BCUT2D eigenvalue weighted by molar-refractivity contribution is 6.33. The second-order valence-electron chi connectivity index (χ2n) is 4.25. The summed E-state index contributed by atoms with van der Waals surface area (Å²) in [5.41, 5.74) is 3.37. The number of nitrogens with zero attached hydrogens (tertiary/aromatic N) is 5. The summed E-state index contributed by atoms with van der Waals surface area (Å²) in [5, 5.41) is 12.3. The zero-order valence-electron chi connectivity index (χ0n) is 11.4. The number of benzene rings is 1. The van der Waals surface area contributed by atoms with Gasteiger partial charge in [0.05, 0.1) is 22.3 Å². The Kier molecular flexibility index (Phi) is 4.37. The Hall–Kier alpha value is -2.63. The minimum absolute atomic E-state index is 0.212. The molecule has 1 aromatic heterocycles. The van der Waals surface area contributed by atoms with E-state index in [2.05, 4.69) is 25.7 Å². The van der Waals surface area contributed by atoms with E-state index in [0.29, 0.717) is 22.2 Å². The van der Waals surface area contributed by atoms with Crippen LogP contribution in [0.4, 0.5) is 23.5 Å². The molecule has 2 aromatic rings. The maximum absolute atomic E-state index is 8.92. The Bertz CT molecular complexity index is 694. The fourth-order valence-electron chi connectivity index (χ4n) is 1.50. The van der Waals surface area contributed by atoms with Crippen molar-refractivity contribution in [1.82, 2.24) is 15.0 Å². The monoisotopic (exact) mass is 304 g/mol. The van der Waals surface area contributed by atoms with Crippen LogP contribution in [0, 0.1) is 11.3 Å². The first-order valence-electron chi connectivity index (χ1n) is 5.90. The zero-order valence-corrected chi connectivity index (χ0v) is 12.2. The largest absolute Gasteiger partial charge is 0.347 e. The maximum atomic E-state index is 8.92. The standard InChI is InChI=1S/C12H13ClN8/c1-21(2)12-18-10(17-11(19-12)20-15)16-9-5-7(6-14)3-4-8(9)13/h3-5H,15H2,1-2H3,(H2,16,17,18,19,20). The summed E-state index contributed by atoms with van der Waals surface area (Å²) in [6.45, 7) is 0. The quantitative estimate of drug-likeness (QED) is 0.574. The molecule has 0 aliphatic heterocycles. The van der Waals surface area contributed by atoms with Crippen LogP contribution in [-0.4, -0.2) is 29.0 Å². The number of anilines is 4. The number of halogens is 1. The van der Waals surface area contributed by atoms with Crippen molar-refractivity contribution in [2.24, 2.45) is 5.84 Å². The molecule has 9 heteroatoms. The smallest absolute Gasteiger partial charge is 0.243 e. The molecule has 0 atom stereocenters. The maximum Gasteiger partial charge on any atom is 0.243 e. The lowest BCUT2D eigenvalue weighted by molar-refractivity contribution is 0.957. The molecule has 0 aliphatic rings. The van der Waals surface area contributed by atoms with Crippen LogP contribution in [0.1, 0.15) is 5.56 Å². The first-order valence-corrected chi connectivity index (χ1v) is 6.28. The van der Waals surface area contributed by atoms with Gasteiger partial charge in [0, 0.05) is 14.1 Å². The lowest BCUT2D eigenvalue weighted by Crippen LogP contribution is -2.18. The summed E-state index contributed by atoms with van der Waals surface area (Å²) in [6.07, 6.45) is 0. The molecule has 108 valence electrons. The molecule has 0 saturated carbocycles. The van der Waals surface area contributed by atoms with Crippen LogP contribution in [-0.2, 0) is 0 Å². The van der Waals surface area contributed by atoms with Crippen LogP contribution in [0.15, 0.2) is 18.2 Å². The Labute approximate surface area is 126 Å². The molecule has 4 N–H and O–H groups in total. The third-order valence-corrected chi connectivity index (χ3v) is 2.82. The molecule has 2 rings (SSSR count). The van der Waals surface area contributed by atoms with Gasteiger partial charge in [0.15, 0.2) is 0 Å². The number of aromatic nitrogens is 3. The third kappa shape index (κ3) is 3.47. The zero-order chi connectivity index (χ0) is 15.4. The van der Waals surface area contributed by atoms with Gasteiger partial charge in [-0.2, -0.15) is 20.2 Å². The number of hydrogen-bond acceptors (Lipinski definition) is 8. The van der Waals surface area contributed by atoms with Crippen molar-refractivity contribution in [3.8, 4) is 6.07 Å². The predicted octanol–water partition coefficient (Wildman–Crippen LogP) is 1.49. The van der Waals surface area contributed by atoms with Gasteiger partial charge in [-0.15, -0.1) is 0 Å². The summed E-state index contributed by atoms with van der Waals surface area (Å²) >= 11 is 6.09. The molecule has 0 spiro atoms. The van der Waals surface area contributed by atoms with Gasteiger partial charge in [-0.3, -0.25) is 5.43 Å². The third-order valence-electron chi connectivity index (χ3n) is 2.49. The van der Waals surface area contributed by atoms with Crippen molar-refractivity contribution < 1.29 is 0 Å². The van der Waals surface area contributed by atoms with E-state index in [1.807, 2.05) is 6.07 Å². The molecule has 0 aliphatic carbocycles. The summed E-state index contributed by atoms with van der Waals surface area (Å²) in [4.78, 5) is 14.1. The van der Waals surface area contributed by atoms with Crippen LogP contribution < -0.4 is 21.5 Å². The van der Waals surface area contributed by atoms with Crippen molar-refractivity contribution in [1.29, 1.82) is 5.26 Å². The second kappa shape index (κ2) is 6.21. The lowest BCUT2D eigenvalue weighted by atomic mass is 10.2. The molecule has 1 heterocycles. The van der Waals surface area contributed by atoms with Crippen LogP contribution in [0.5, 0.6) is 0 Å². The van der Waals surface area contributed by atoms with E-state index in [4.69, 9.17) is 22.7 Å². The van der Waals surface area contributed by atoms with Crippen LogP contribution in [0.2, 0.25) is 5.02 Å². The lowest BCUT2D eigenvalue weighted by Gasteiger charge is -2.13. The van der Waals surface area contributed by atoms with E-state index in [1.165, 1.54) is 0 Å². The number of nitriles is 1. The van der Waals surface area contributed by atoms with Crippen LogP contribution >= 0.6 is 11.6 Å². The number of rotatable bonds is 4. The number of nitrogen functional groups attached to an aromatic ring is 1. The topological polar surface area (TPSA) is 116 Å². The fourth-order valence-corrected chi connectivity index (χ4v) is 1.66. The highest BCUT2D eigenvalue weighted by Crippen LogP contribution is 2.25. The minimum Gasteiger partial charge on any atom is -0.347 e. The molecular formula is C12H13ClN8. The highest BCUT2D eigenvalue weighted by atomic mass is 35.5. The molecule has 1 aromatic carbocycles. The van der Waals surface area contributed by atoms with Crippen molar-refractivity contribution in [3.63, 3.8) is 0 Å². The molecule has 0 unspecified atom stereocenters. The van der Waals surface area contributed by atoms with Crippen LogP contribution in [0.25, 0.3) is 0 Å². The molecule has 0 saturated heterocycles. The predicted molar refractivity (Wildman–Crippen MR) is 81.4 cm³/mol. The molecular weight excluding hydrogens is 292 g/mol. The first-order chi connectivity index (χ1) is 10.0. The summed E-state index contributed by atoms with van der Waals surface area (Å²) in [6, 6.07) is 6.90. The molecule has 0 bridgehead atoms. The second-order valence-corrected chi connectivity index (χ2v) is 4.66. The van der Waals surface area contributed by atoms with Crippen molar-refractivity contribution >= 4 is 35.1 Å². The van der Waals surface area contributed by atoms with Gasteiger partial charge in [-0.1, -0.05) is 11.6 Å². The SMILES string of the molecule is CN(C)c1nc(NN)nc(Nc2cc(C#N)ccc2Cl)n1. The van der Waals surface area contributed by atoms with Gasteiger partial charge in [-0.05, 0) is 18.2 Å². The van der Waals surface area contributed by atoms with Crippen molar-refractivity contribution in [3.05, 3.63) is 28.8 Å². The van der Waals surface area contributed by atoms with Gasteiger partial charge in [-0.25, -0.2) is 5.84 Å². The number of hydrazine groups is 1. The van der Waals surface area contributed by atoms with Gasteiger partial charge in [0.2, 0.25) is 17.8 Å². The van der Waals surface area contributed by atoms with Gasteiger partial charge in [0.1, 0.15) is 0 Å². The van der Waals surface area contributed by atoms with E-state index < -0.39 is 0 Å². The van der Waals surface area contributed by atoms with Gasteiger partial charge in [0.25, 0.3) is 0 Å². The Morgan fingerprint density at radius 2 is 1.95 bits per heavy atom. The normalized spacial score (nSPS) is 9.86. The Morgan fingerprint density at radius 3 is 2.57 bits per heavy atom. The van der Waals surface area contributed by atoms with E-state index >= 15 is 0 Å². The van der Waals surface area contributed by atoms with Crippen molar-refractivity contribution in [2.45, 2.75) is 0 Å². The Morgan fingerprint density at radius 1 is 1.24 bits per heavy atom. The number of nitrogens with two attached hydrogens (primary N) is 1. The summed E-state index contributed by atoms with van der Waals surface area (Å²) in [5.74, 6) is 6.24. The summed E-state index contributed by atoms with van der Waals surface area (Å²) in [7, 11) is 3.59. The van der Waals surface area contributed by atoms with E-state index in [-0.39, 0.29) is 11.9 Å². The molecule has 0 amide bonds. The fraction of sp³-hybridized carbons (Fsp3) is 0.167. The molecule has 21 heavy (non-hydrogen) atoms.